The molecule has 0 aliphatic rings. The van der Waals surface area contributed by atoms with Gasteiger partial charge in [0.05, 0.1) is 6.54 Å². The molecule has 1 aromatic rings. The molecule has 0 saturated heterocycles. The van der Waals surface area contributed by atoms with E-state index in [-0.39, 0.29) is 11.9 Å². The Morgan fingerprint density at radius 1 is 1.69 bits per heavy atom. The summed E-state index contributed by atoms with van der Waals surface area (Å²) in [4.78, 5) is 13.5. The zero-order chi connectivity index (χ0) is 12.0. The standard InChI is InChI=1S/C11H19N3OS/c1-3-14(7-11(15)13-2)10(6-12)9-4-5-16-8-9/h4-5,8,10H,3,6-7,12H2,1-2H3,(H,13,15). The fraction of sp³-hybridized carbons (Fsp3) is 0.545. The van der Waals surface area contributed by atoms with E-state index in [1.165, 1.54) is 5.56 Å². The van der Waals surface area contributed by atoms with E-state index in [0.29, 0.717) is 13.1 Å². The Labute approximate surface area is 100 Å². The summed E-state index contributed by atoms with van der Waals surface area (Å²) in [6.45, 7) is 3.77. The van der Waals surface area contributed by atoms with Gasteiger partial charge in [0.1, 0.15) is 0 Å². The lowest BCUT2D eigenvalue weighted by molar-refractivity contribution is -0.122. The van der Waals surface area contributed by atoms with Crippen LogP contribution in [0.25, 0.3) is 0 Å². The van der Waals surface area contributed by atoms with Crippen molar-refractivity contribution < 1.29 is 4.79 Å². The first-order valence-electron chi connectivity index (χ1n) is 5.39. The summed E-state index contributed by atoms with van der Waals surface area (Å²) in [6.07, 6.45) is 0. The lowest BCUT2D eigenvalue weighted by atomic mass is 10.1. The Balaban J connectivity index is 2.72. The molecule has 3 N–H and O–H groups in total. The molecule has 1 unspecified atom stereocenters. The molecule has 5 heteroatoms. The van der Waals surface area contributed by atoms with Crippen molar-refractivity contribution in [2.24, 2.45) is 5.73 Å². The highest BCUT2D eigenvalue weighted by Gasteiger charge is 2.19. The van der Waals surface area contributed by atoms with Crippen molar-refractivity contribution in [1.82, 2.24) is 10.2 Å². The predicted octanol–water partition coefficient (Wildman–Crippen LogP) is 0.816. The van der Waals surface area contributed by atoms with Gasteiger partial charge in [0, 0.05) is 19.6 Å². The summed E-state index contributed by atoms with van der Waals surface area (Å²) in [5.41, 5.74) is 6.98. The van der Waals surface area contributed by atoms with Crippen LogP contribution in [-0.4, -0.2) is 37.5 Å². The maximum atomic E-state index is 11.4. The van der Waals surface area contributed by atoms with Crippen LogP contribution in [0, 0.1) is 0 Å². The third-order valence-electron chi connectivity index (χ3n) is 2.62. The number of thiophene rings is 1. The topological polar surface area (TPSA) is 58.4 Å². The number of nitrogens with two attached hydrogens (primary N) is 1. The molecule has 4 nitrogen and oxygen atoms in total. The minimum atomic E-state index is 0.0236. The molecule has 0 radical (unpaired) electrons. The van der Waals surface area contributed by atoms with Gasteiger partial charge in [-0.1, -0.05) is 6.92 Å². The van der Waals surface area contributed by atoms with Crippen molar-refractivity contribution in [3.63, 3.8) is 0 Å². The quantitative estimate of drug-likeness (QED) is 0.775. The lowest BCUT2D eigenvalue weighted by Crippen LogP contribution is -2.40. The monoisotopic (exact) mass is 241 g/mol. The fourth-order valence-electron chi connectivity index (χ4n) is 1.67. The van der Waals surface area contributed by atoms with Gasteiger partial charge in [0.25, 0.3) is 0 Å². The average Bonchev–Trinajstić information content (AvgIpc) is 2.82. The molecule has 0 aliphatic carbocycles. The largest absolute Gasteiger partial charge is 0.358 e. The van der Waals surface area contributed by atoms with Crippen LogP contribution in [0.2, 0.25) is 0 Å². The van der Waals surface area contributed by atoms with Crippen LogP contribution in [0.5, 0.6) is 0 Å². The molecule has 0 bridgehead atoms. The van der Waals surface area contributed by atoms with Crippen LogP contribution >= 0.6 is 11.3 Å². The Kier molecular flexibility index (Phi) is 5.45. The van der Waals surface area contributed by atoms with Gasteiger partial charge in [-0.05, 0) is 28.9 Å². The van der Waals surface area contributed by atoms with E-state index >= 15 is 0 Å². The van der Waals surface area contributed by atoms with Crippen LogP contribution in [0.4, 0.5) is 0 Å². The van der Waals surface area contributed by atoms with Crippen molar-refractivity contribution in [3.8, 4) is 0 Å². The second-order valence-corrected chi connectivity index (χ2v) is 4.32. The molecule has 1 rings (SSSR count). The molecular formula is C11H19N3OS. The number of hydrogen-bond acceptors (Lipinski definition) is 4. The highest BCUT2D eigenvalue weighted by atomic mass is 32.1. The van der Waals surface area contributed by atoms with Gasteiger partial charge in [-0.15, -0.1) is 0 Å². The van der Waals surface area contributed by atoms with Crippen molar-refractivity contribution >= 4 is 17.2 Å². The number of nitrogens with one attached hydrogen (secondary N) is 1. The van der Waals surface area contributed by atoms with E-state index in [9.17, 15) is 4.79 Å². The van der Waals surface area contributed by atoms with Crippen molar-refractivity contribution in [2.45, 2.75) is 13.0 Å². The molecule has 0 aromatic carbocycles. The smallest absolute Gasteiger partial charge is 0.233 e. The van der Waals surface area contributed by atoms with E-state index < -0.39 is 0 Å². The molecule has 1 atom stereocenters. The van der Waals surface area contributed by atoms with Crippen molar-refractivity contribution in [2.75, 3.05) is 26.7 Å². The summed E-state index contributed by atoms with van der Waals surface area (Å²) >= 11 is 1.65. The van der Waals surface area contributed by atoms with Gasteiger partial charge in [-0.25, -0.2) is 0 Å². The summed E-state index contributed by atoms with van der Waals surface area (Å²) < 4.78 is 0. The van der Waals surface area contributed by atoms with Gasteiger partial charge >= 0.3 is 0 Å². The van der Waals surface area contributed by atoms with Crippen LogP contribution < -0.4 is 11.1 Å². The lowest BCUT2D eigenvalue weighted by Gasteiger charge is -2.28. The highest BCUT2D eigenvalue weighted by Crippen LogP contribution is 2.21. The normalized spacial score (nSPS) is 12.8. The average molecular weight is 241 g/mol. The summed E-state index contributed by atoms with van der Waals surface area (Å²) in [5.74, 6) is 0.0236. The zero-order valence-corrected chi connectivity index (χ0v) is 10.6. The number of nitrogens with zero attached hydrogens (tertiary/aromatic N) is 1. The van der Waals surface area contributed by atoms with Gasteiger partial charge in [-0.2, -0.15) is 11.3 Å². The molecule has 1 aromatic heterocycles. The first kappa shape index (κ1) is 13.2. The van der Waals surface area contributed by atoms with Gasteiger partial charge in [0.2, 0.25) is 5.91 Å². The Bertz CT molecular complexity index is 313. The molecule has 1 heterocycles. The molecular weight excluding hydrogens is 222 g/mol. The van der Waals surface area contributed by atoms with Crippen LogP contribution in [0.1, 0.15) is 18.5 Å². The first-order valence-corrected chi connectivity index (χ1v) is 6.34. The highest BCUT2D eigenvalue weighted by molar-refractivity contribution is 7.07. The molecule has 0 saturated carbocycles. The van der Waals surface area contributed by atoms with Gasteiger partial charge in [0.15, 0.2) is 0 Å². The van der Waals surface area contributed by atoms with E-state index in [2.05, 4.69) is 21.7 Å². The molecule has 0 spiro atoms. The molecule has 0 aliphatic heterocycles. The fourth-order valence-corrected chi connectivity index (χ4v) is 2.37. The minimum Gasteiger partial charge on any atom is -0.358 e. The molecule has 1 amide bonds. The molecule has 16 heavy (non-hydrogen) atoms. The number of likely N-dealkylation sites (N-methyl/N-ethyl adjacent to an activating group) is 2. The SMILES string of the molecule is CCN(CC(=O)NC)C(CN)c1ccsc1. The number of carbonyl (C=O) groups excluding carboxylic acids is 1. The summed E-state index contributed by atoms with van der Waals surface area (Å²) in [5, 5.41) is 6.76. The van der Waals surface area contributed by atoms with E-state index in [4.69, 9.17) is 5.73 Å². The number of rotatable bonds is 6. The summed E-state index contributed by atoms with van der Waals surface area (Å²) in [7, 11) is 1.65. The Morgan fingerprint density at radius 2 is 2.44 bits per heavy atom. The van der Waals surface area contributed by atoms with Gasteiger partial charge in [-0.3, -0.25) is 9.69 Å². The second kappa shape index (κ2) is 6.62. The van der Waals surface area contributed by atoms with E-state index in [1.807, 2.05) is 12.3 Å². The van der Waals surface area contributed by atoms with Crippen molar-refractivity contribution in [3.05, 3.63) is 22.4 Å². The number of hydrogen-bond donors (Lipinski definition) is 2. The van der Waals surface area contributed by atoms with E-state index in [1.54, 1.807) is 18.4 Å². The van der Waals surface area contributed by atoms with Crippen molar-refractivity contribution in [1.29, 1.82) is 0 Å². The van der Waals surface area contributed by atoms with Crippen LogP contribution in [0.15, 0.2) is 16.8 Å². The van der Waals surface area contributed by atoms with E-state index in [0.717, 1.165) is 6.54 Å². The Hall–Kier alpha value is -0.910. The maximum absolute atomic E-state index is 11.4. The third-order valence-corrected chi connectivity index (χ3v) is 3.33. The molecule has 90 valence electrons. The predicted molar refractivity (Wildman–Crippen MR) is 67.4 cm³/mol. The van der Waals surface area contributed by atoms with Crippen LogP contribution in [0.3, 0.4) is 0 Å². The van der Waals surface area contributed by atoms with Gasteiger partial charge < -0.3 is 11.1 Å². The first-order chi connectivity index (χ1) is 7.72. The minimum absolute atomic E-state index is 0.0236. The zero-order valence-electron chi connectivity index (χ0n) is 9.77. The third kappa shape index (κ3) is 3.30. The number of carbonyl (C=O) groups is 1. The summed E-state index contributed by atoms with van der Waals surface area (Å²) in [6, 6.07) is 2.20. The maximum Gasteiger partial charge on any atom is 0.233 e. The Morgan fingerprint density at radius 3 is 2.88 bits per heavy atom. The van der Waals surface area contributed by atoms with Crippen LogP contribution in [-0.2, 0) is 4.79 Å². The second-order valence-electron chi connectivity index (χ2n) is 3.54. The number of amides is 1. The molecule has 0 fully saturated rings.